The second-order valence-corrected chi connectivity index (χ2v) is 5.26. The van der Waals surface area contributed by atoms with Crippen LogP contribution in [0.2, 0.25) is 5.02 Å². The molecule has 2 rings (SSSR count). The Morgan fingerprint density at radius 1 is 1.71 bits per heavy atom. The number of hydrogen-bond acceptors (Lipinski definition) is 4. The quantitative estimate of drug-likeness (QED) is 0.923. The first kappa shape index (κ1) is 13.1. The molecule has 1 aromatic rings. The molecule has 1 N–H and O–H groups in total. The highest BCUT2D eigenvalue weighted by Gasteiger charge is 2.25. The van der Waals surface area contributed by atoms with Crippen molar-refractivity contribution in [1.29, 1.82) is 0 Å². The predicted molar refractivity (Wildman–Crippen MR) is 72.8 cm³/mol. The number of anilines is 1. The number of nitrogens with one attached hydrogen (secondary N) is 1. The van der Waals surface area contributed by atoms with Gasteiger partial charge >= 0.3 is 0 Å². The first-order chi connectivity index (χ1) is 8.22. The Bertz CT molecular complexity index is 389. The van der Waals surface area contributed by atoms with Crippen LogP contribution < -0.4 is 10.2 Å². The monoisotopic (exact) mass is 319 g/mol. The van der Waals surface area contributed by atoms with Gasteiger partial charge in [-0.2, -0.15) is 0 Å². The Balaban J connectivity index is 2.23. The molecular weight excluding hydrogens is 305 g/mol. The third-order valence-corrected chi connectivity index (χ3v) is 3.44. The summed E-state index contributed by atoms with van der Waals surface area (Å²) >= 11 is 9.60. The van der Waals surface area contributed by atoms with Gasteiger partial charge in [-0.25, -0.2) is 4.98 Å². The molecule has 1 aliphatic heterocycles. The Kier molecular flexibility index (Phi) is 4.62. The van der Waals surface area contributed by atoms with Crippen LogP contribution in [0.3, 0.4) is 0 Å². The van der Waals surface area contributed by atoms with Gasteiger partial charge in [0, 0.05) is 23.8 Å². The summed E-state index contributed by atoms with van der Waals surface area (Å²) < 4.78 is 6.38. The van der Waals surface area contributed by atoms with E-state index in [4.69, 9.17) is 16.3 Å². The molecule has 1 atom stereocenters. The van der Waals surface area contributed by atoms with Crippen LogP contribution in [0.1, 0.15) is 0 Å². The van der Waals surface area contributed by atoms with Crippen molar-refractivity contribution in [3.05, 3.63) is 21.8 Å². The Morgan fingerprint density at radius 2 is 2.53 bits per heavy atom. The van der Waals surface area contributed by atoms with E-state index in [0.29, 0.717) is 18.2 Å². The minimum atomic E-state index is 0.278. The van der Waals surface area contributed by atoms with Gasteiger partial charge in [0.25, 0.3) is 0 Å². The lowest BCUT2D eigenvalue weighted by molar-refractivity contribution is 0.0939. The lowest BCUT2D eigenvalue weighted by Crippen LogP contribution is -2.50. The van der Waals surface area contributed by atoms with Crippen LogP contribution in [0.5, 0.6) is 0 Å². The molecule has 1 saturated heterocycles. The summed E-state index contributed by atoms with van der Waals surface area (Å²) in [5, 5.41) is 3.84. The van der Waals surface area contributed by atoms with E-state index in [1.807, 2.05) is 13.1 Å². The molecule has 4 nitrogen and oxygen atoms in total. The molecule has 1 fully saturated rings. The van der Waals surface area contributed by atoms with E-state index in [-0.39, 0.29) is 6.04 Å². The molecule has 0 aromatic carbocycles. The molecule has 0 saturated carbocycles. The van der Waals surface area contributed by atoms with Gasteiger partial charge in [-0.1, -0.05) is 11.6 Å². The van der Waals surface area contributed by atoms with Crippen molar-refractivity contribution in [2.45, 2.75) is 6.04 Å². The van der Waals surface area contributed by atoms with Gasteiger partial charge in [0.2, 0.25) is 0 Å². The molecule has 0 radical (unpaired) electrons. The van der Waals surface area contributed by atoms with Gasteiger partial charge in [0.05, 0.1) is 24.3 Å². The Morgan fingerprint density at radius 3 is 3.24 bits per heavy atom. The summed E-state index contributed by atoms with van der Waals surface area (Å²) in [4.78, 5) is 6.60. The number of nitrogens with zero attached hydrogens (tertiary/aromatic N) is 2. The molecule has 2 heterocycles. The molecule has 94 valence electrons. The highest BCUT2D eigenvalue weighted by Crippen LogP contribution is 2.28. The van der Waals surface area contributed by atoms with Gasteiger partial charge in [-0.05, 0) is 29.0 Å². The highest BCUT2D eigenvalue weighted by atomic mass is 79.9. The van der Waals surface area contributed by atoms with Crippen LogP contribution in [0.25, 0.3) is 0 Å². The lowest BCUT2D eigenvalue weighted by atomic mass is 10.2. The van der Waals surface area contributed by atoms with E-state index >= 15 is 0 Å². The van der Waals surface area contributed by atoms with Gasteiger partial charge in [0.15, 0.2) is 0 Å². The summed E-state index contributed by atoms with van der Waals surface area (Å²) in [6.07, 6.45) is 1.77. The summed E-state index contributed by atoms with van der Waals surface area (Å²) in [5.74, 6) is 0.832. The normalized spacial score (nSPS) is 20.6. The average molecular weight is 321 g/mol. The first-order valence-electron chi connectivity index (χ1n) is 5.52. The van der Waals surface area contributed by atoms with Crippen molar-refractivity contribution in [2.75, 3.05) is 38.3 Å². The summed E-state index contributed by atoms with van der Waals surface area (Å²) in [6.45, 7) is 3.10. The smallest absolute Gasteiger partial charge is 0.147 e. The van der Waals surface area contributed by atoms with Crippen molar-refractivity contribution in [3.8, 4) is 0 Å². The Labute approximate surface area is 114 Å². The number of pyridine rings is 1. The maximum Gasteiger partial charge on any atom is 0.147 e. The van der Waals surface area contributed by atoms with Crippen LogP contribution in [0, 0.1) is 0 Å². The van der Waals surface area contributed by atoms with Gasteiger partial charge in [-0.15, -0.1) is 0 Å². The van der Waals surface area contributed by atoms with E-state index in [1.54, 1.807) is 6.20 Å². The van der Waals surface area contributed by atoms with Gasteiger partial charge in [0.1, 0.15) is 5.82 Å². The average Bonchev–Trinajstić information content (AvgIpc) is 2.31. The second-order valence-electron chi connectivity index (χ2n) is 3.94. The summed E-state index contributed by atoms with van der Waals surface area (Å²) in [5.41, 5.74) is 0. The Hall–Kier alpha value is -0.360. The molecule has 0 amide bonds. The van der Waals surface area contributed by atoms with Crippen molar-refractivity contribution in [3.63, 3.8) is 0 Å². The summed E-state index contributed by atoms with van der Waals surface area (Å²) in [6, 6.07) is 2.15. The van der Waals surface area contributed by atoms with E-state index in [2.05, 4.69) is 31.1 Å². The van der Waals surface area contributed by atoms with Crippen LogP contribution in [-0.4, -0.2) is 44.4 Å². The molecule has 0 spiro atoms. The molecule has 6 heteroatoms. The lowest BCUT2D eigenvalue weighted by Gasteiger charge is -2.36. The largest absolute Gasteiger partial charge is 0.377 e. The van der Waals surface area contributed by atoms with Crippen LogP contribution in [0.15, 0.2) is 16.7 Å². The van der Waals surface area contributed by atoms with E-state index in [0.717, 1.165) is 23.4 Å². The molecule has 17 heavy (non-hydrogen) atoms. The number of ether oxygens (including phenoxy) is 1. The molecule has 1 aliphatic rings. The number of hydrogen-bond donors (Lipinski definition) is 1. The zero-order valence-electron chi connectivity index (χ0n) is 9.62. The van der Waals surface area contributed by atoms with Crippen LogP contribution in [-0.2, 0) is 4.74 Å². The number of morpholine rings is 1. The molecular formula is C11H15BrClN3O. The number of halogens is 2. The minimum Gasteiger partial charge on any atom is -0.377 e. The zero-order valence-corrected chi connectivity index (χ0v) is 12.0. The summed E-state index contributed by atoms with van der Waals surface area (Å²) in [7, 11) is 1.93. The highest BCUT2D eigenvalue weighted by molar-refractivity contribution is 9.10. The van der Waals surface area contributed by atoms with Gasteiger partial charge in [-0.3, -0.25) is 0 Å². The van der Waals surface area contributed by atoms with Crippen LogP contribution >= 0.6 is 27.5 Å². The zero-order chi connectivity index (χ0) is 12.3. The maximum absolute atomic E-state index is 6.23. The SMILES string of the molecule is CNCC1COCCN1c1ncc(Br)cc1Cl. The predicted octanol–water partition coefficient (Wildman–Crippen LogP) is 1.92. The van der Waals surface area contributed by atoms with Crippen molar-refractivity contribution in [1.82, 2.24) is 10.3 Å². The molecule has 0 aliphatic carbocycles. The second kappa shape index (κ2) is 6.00. The first-order valence-corrected chi connectivity index (χ1v) is 6.69. The number of rotatable bonds is 3. The number of likely N-dealkylation sites (N-methyl/N-ethyl adjacent to an activating group) is 1. The number of aromatic nitrogens is 1. The van der Waals surface area contributed by atoms with E-state index in [9.17, 15) is 0 Å². The van der Waals surface area contributed by atoms with Gasteiger partial charge < -0.3 is 15.0 Å². The molecule has 0 bridgehead atoms. The van der Waals surface area contributed by atoms with Crippen LogP contribution in [0.4, 0.5) is 5.82 Å². The van der Waals surface area contributed by atoms with E-state index < -0.39 is 0 Å². The van der Waals surface area contributed by atoms with Crippen molar-refractivity contribution in [2.24, 2.45) is 0 Å². The molecule has 1 aromatic heterocycles. The maximum atomic E-state index is 6.23. The van der Waals surface area contributed by atoms with Crippen molar-refractivity contribution < 1.29 is 4.74 Å². The minimum absolute atomic E-state index is 0.278. The standard InChI is InChI=1S/C11H15BrClN3O/c1-14-6-9-7-17-3-2-16(9)11-10(13)4-8(12)5-15-11/h4-5,9,14H,2-3,6-7H2,1H3. The third kappa shape index (κ3) is 3.10. The fourth-order valence-corrected chi connectivity index (χ4v) is 2.70. The molecule has 1 unspecified atom stereocenters. The third-order valence-electron chi connectivity index (χ3n) is 2.73. The van der Waals surface area contributed by atoms with Crippen molar-refractivity contribution >= 4 is 33.3 Å². The fourth-order valence-electron chi connectivity index (χ4n) is 1.96. The van der Waals surface area contributed by atoms with E-state index in [1.165, 1.54) is 0 Å². The topological polar surface area (TPSA) is 37.4 Å². The fraction of sp³-hybridized carbons (Fsp3) is 0.545.